The van der Waals surface area contributed by atoms with Gasteiger partial charge in [-0.05, 0) is 12.8 Å². The number of methoxy groups -OCH3 is 2. The molecular formula is C25H35F13O4. The van der Waals surface area contributed by atoms with Crippen molar-refractivity contribution in [2.75, 3.05) is 14.2 Å². The zero-order valence-electron chi connectivity index (χ0n) is 23.2. The first-order valence-electron chi connectivity index (χ1n) is 13.1. The molecule has 0 atom stereocenters. The van der Waals surface area contributed by atoms with Crippen molar-refractivity contribution in [3.63, 3.8) is 0 Å². The SMILES string of the molecule is CCCCCCCCCCCCC(CCC(F)(F)C(F)(F)C(F)(F)C(F)(F)C(F)(F)C(F)(F)F)(C(=O)OC)C(=O)OC. The molecule has 0 heterocycles. The molecular weight excluding hydrogens is 611 g/mol. The zero-order valence-corrected chi connectivity index (χ0v) is 23.2. The largest absolute Gasteiger partial charge is 0.468 e. The van der Waals surface area contributed by atoms with Gasteiger partial charge in [0.25, 0.3) is 0 Å². The number of hydrogen-bond donors (Lipinski definition) is 0. The van der Waals surface area contributed by atoms with Crippen molar-refractivity contribution in [3.05, 3.63) is 0 Å². The predicted molar refractivity (Wildman–Crippen MR) is 123 cm³/mol. The van der Waals surface area contributed by atoms with Crippen LogP contribution in [-0.4, -0.2) is 61.9 Å². The molecule has 0 aliphatic rings. The molecule has 0 aromatic heterocycles. The molecule has 250 valence electrons. The number of esters is 2. The molecule has 42 heavy (non-hydrogen) atoms. The highest BCUT2D eigenvalue weighted by Crippen LogP contribution is 2.61. The number of alkyl halides is 13. The van der Waals surface area contributed by atoms with Gasteiger partial charge in [0.1, 0.15) is 0 Å². The van der Waals surface area contributed by atoms with E-state index in [1.54, 1.807) is 0 Å². The van der Waals surface area contributed by atoms with Crippen LogP contribution in [0.4, 0.5) is 57.1 Å². The number of carbonyl (C=O) groups is 2. The molecule has 0 saturated carbocycles. The first-order valence-corrected chi connectivity index (χ1v) is 13.1. The minimum absolute atomic E-state index is 0.103. The molecule has 0 aliphatic heterocycles. The maximum absolute atomic E-state index is 14.4. The Bertz CT molecular complexity index is 842. The third kappa shape index (κ3) is 8.35. The van der Waals surface area contributed by atoms with E-state index in [2.05, 4.69) is 9.47 Å². The van der Waals surface area contributed by atoms with E-state index in [-0.39, 0.29) is 12.8 Å². The maximum Gasteiger partial charge on any atom is 0.460 e. The van der Waals surface area contributed by atoms with Crippen LogP contribution in [0, 0.1) is 5.41 Å². The van der Waals surface area contributed by atoms with Crippen molar-refractivity contribution in [1.29, 1.82) is 0 Å². The van der Waals surface area contributed by atoms with Gasteiger partial charge in [-0.15, -0.1) is 0 Å². The van der Waals surface area contributed by atoms with Crippen LogP contribution in [0.1, 0.15) is 90.4 Å². The van der Waals surface area contributed by atoms with Gasteiger partial charge in [0.15, 0.2) is 5.41 Å². The molecule has 17 heteroatoms. The Labute approximate surface area is 234 Å². The van der Waals surface area contributed by atoms with Crippen molar-refractivity contribution in [2.24, 2.45) is 5.41 Å². The Morgan fingerprint density at radius 1 is 0.476 bits per heavy atom. The standard InChI is InChI=1S/C25H35F13O4/c1-4-5-6-7-8-9-10-11-12-13-14-19(17(39)41-2,18(40)42-3)15-16-20(26,27)21(28,29)22(30,31)23(32,33)24(34,35)25(36,37)38/h4-16H2,1-3H3. The second kappa shape index (κ2) is 15.2. The van der Waals surface area contributed by atoms with Gasteiger partial charge in [0, 0.05) is 6.42 Å². The molecule has 0 amide bonds. The summed E-state index contributed by atoms with van der Waals surface area (Å²) >= 11 is 0. The van der Waals surface area contributed by atoms with Crippen LogP contribution in [0.3, 0.4) is 0 Å². The molecule has 0 bridgehead atoms. The van der Waals surface area contributed by atoms with Gasteiger partial charge in [-0.2, -0.15) is 57.1 Å². The quantitative estimate of drug-likeness (QED) is 0.0573. The third-order valence-electron chi connectivity index (χ3n) is 6.97. The summed E-state index contributed by atoms with van der Waals surface area (Å²) in [5.41, 5.74) is -2.84. The molecule has 0 radical (unpaired) electrons. The summed E-state index contributed by atoms with van der Waals surface area (Å²) in [6.45, 7) is 2.04. The number of ether oxygens (including phenoxy) is 2. The Morgan fingerprint density at radius 2 is 0.833 bits per heavy atom. The number of halogens is 13. The van der Waals surface area contributed by atoms with E-state index in [0.29, 0.717) is 27.1 Å². The molecule has 4 nitrogen and oxygen atoms in total. The van der Waals surface area contributed by atoms with E-state index < -0.39 is 72.4 Å². The van der Waals surface area contributed by atoms with Crippen molar-refractivity contribution < 1.29 is 76.1 Å². The summed E-state index contributed by atoms with van der Waals surface area (Å²) in [7, 11) is 1.30. The van der Waals surface area contributed by atoms with Crippen molar-refractivity contribution >= 4 is 11.9 Å². The van der Waals surface area contributed by atoms with Crippen molar-refractivity contribution in [3.8, 4) is 0 Å². The highest BCUT2D eigenvalue weighted by Gasteiger charge is 2.90. The van der Waals surface area contributed by atoms with Gasteiger partial charge in [-0.25, -0.2) is 0 Å². The van der Waals surface area contributed by atoms with Gasteiger partial charge in [-0.3, -0.25) is 9.59 Å². The molecule has 0 aliphatic carbocycles. The molecule has 0 rings (SSSR count). The molecule has 0 spiro atoms. The maximum atomic E-state index is 14.4. The minimum Gasteiger partial charge on any atom is -0.468 e. The first kappa shape index (κ1) is 40.0. The Morgan fingerprint density at radius 3 is 1.19 bits per heavy atom. The number of hydrogen-bond acceptors (Lipinski definition) is 4. The lowest BCUT2D eigenvalue weighted by Gasteiger charge is -2.40. The van der Waals surface area contributed by atoms with Crippen LogP contribution >= 0.6 is 0 Å². The van der Waals surface area contributed by atoms with Crippen LogP contribution < -0.4 is 0 Å². The average molecular weight is 647 g/mol. The lowest BCUT2D eigenvalue weighted by atomic mass is 9.76. The fourth-order valence-electron chi connectivity index (χ4n) is 4.25. The highest BCUT2D eigenvalue weighted by molar-refractivity contribution is 6.00. The topological polar surface area (TPSA) is 52.6 Å². The first-order chi connectivity index (χ1) is 19.0. The van der Waals surface area contributed by atoms with Gasteiger partial charge >= 0.3 is 47.7 Å². The van der Waals surface area contributed by atoms with Gasteiger partial charge in [0.05, 0.1) is 14.2 Å². The van der Waals surface area contributed by atoms with E-state index in [0.717, 1.165) is 38.5 Å². The van der Waals surface area contributed by atoms with E-state index in [4.69, 9.17) is 0 Å². The third-order valence-corrected chi connectivity index (χ3v) is 6.97. The molecule has 0 aromatic carbocycles. The monoisotopic (exact) mass is 646 g/mol. The molecule has 0 unspecified atom stereocenters. The lowest BCUT2D eigenvalue weighted by Crippen LogP contribution is -2.70. The van der Waals surface area contributed by atoms with Gasteiger partial charge in [0.2, 0.25) is 0 Å². The average Bonchev–Trinajstić information content (AvgIpc) is 2.89. The second-order valence-corrected chi connectivity index (χ2v) is 10.00. The second-order valence-electron chi connectivity index (χ2n) is 10.00. The van der Waals surface area contributed by atoms with E-state index in [1.165, 1.54) is 0 Å². The summed E-state index contributed by atoms with van der Waals surface area (Å²) in [5.74, 6) is -41.1. The van der Waals surface area contributed by atoms with Gasteiger partial charge in [-0.1, -0.05) is 71.1 Å². The summed E-state index contributed by atoms with van der Waals surface area (Å²) in [5, 5.41) is 0. The number of carbonyl (C=O) groups excluding carboxylic acids is 2. The van der Waals surface area contributed by atoms with Crippen LogP contribution in [0.15, 0.2) is 0 Å². The van der Waals surface area contributed by atoms with E-state index in [9.17, 15) is 66.7 Å². The normalized spacial score (nSPS) is 14.2. The van der Waals surface area contributed by atoms with Crippen LogP contribution in [-0.2, 0) is 19.1 Å². The zero-order chi connectivity index (χ0) is 33.3. The molecule has 0 N–H and O–H groups in total. The smallest absolute Gasteiger partial charge is 0.460 e. The Kier molecular flexibility index (Phi) is 14.4. The summed E-state index contributed by atoms with van der Waals surface area (Å²) in [6, 6.07) is 0. The fraction of sp³-hybridized carbons (Fsp3) is 0.920. The molecule has 0 saturated heterocycles. The van der Waals surface area contributed by atoms with Crippen LogP contribution in [0.5, 0.6) is 0 Å². The predicted octanol–water partition coefficient (Wildman–Crippen LogP) is 9.15. The minimum atomic E-state index is -8.04. The summed E-state index contributed by atoms with van der Waals surface area (Å²) < 4.78 is 184. The fourth-order valence-corrected chi connectivity index (χ4v) is 4.25. The number of unbranched alkanes of at least 4 members (excludes halogenated alkanes) is 9. The summed E-state index contributed by atoms with van der Waals surface area (Å²) in [4.78, 5) is 24.9. The van der Waals surface area contributed by atoms with Crippen LogP contribution in [0.2, 0.25) is 0 Å². The number of rotatable bonds is 20. The van der Waals surface area contributed by atoms with Crippen LogP contribution in [0.25, 0.3) is 0 Å². The lowest BCUT2D eigenvalue weighted by molar-refractivity contribution is -0.440. The van der Waals surface area contributed by atoms with Gasteiger partial charge < -0.3 is 9.47 Å². The molecule has 0 aromatic rings. The Hall–Kier alpha value is -1.97. The van der Waals surface area contributed by atoms with E-state index in [1.807, 2.05) is 6.92 Å². The Balaban J connectivity index is 5.91. The summed E-state index contributed by atoms with van der Waals surface area (Å²) in [6.07, 6.45) is -5.39. The highest BCUT2D eigenvalue weighted by atomic mass is 19.4. The van der Waals surface area contributed by atoms with E-state index >= 15 is 0 Å². The van der Waals surface area contributed by atoms with Crippen molar-refractivity contribution in [2.45, 2.75) is 126 Å². The molecule has 0 fully saturated rings. The van der Waals surface area contributed by atoms with Crippen molar-refractivity contribution in [1.82, 2.24) is 0 Å².